The summed E-state index contributed by atoms with van der Waals surface area (Å²) in [7, 11) is 0. The first-order valence-electron chi connectivity index (χ1n) is 11.9. The van der Waals surface area contributed by atoms with Crippen LogP contribution in [0.2, 0.25) is 0 Å². The summed E-state index contributed by atoms with van der Waals surface area (Å²) in [5, 5.41) is 20.3. The number of likely N-dealkylation sites (tertiary alicyclic amines) is 1. The van der Waals surface area contributed by atoms with Crippen LogP contribution in [0.4, 0.5) is 4.79 Å². The molecule has 36 heavy (non-hydrogen) atoms. The van der Waals surface area contributed by atoms with E-state index in [-0.39, 0.29) is 11.9 Å². The van der Waals surface area contributed by atoms with Crippen LogP contribution < -0.4 is 0 Å². The van der Waals surface area contributed by atoms with E-state index >= 15 is 0 Å². The van der Waals surface area contributed by atoms with Crippen molar-refractivity contribution in [2.75, 3.05) is 26.2 Å². The number of hydrogen-bond donors (Lipinski definition) is 2. The summed E-state index contributed by atoms with van der Waals surface area (Å²) < 4.78 is 7.06. The number of piperidine rings is 1. The van der Waals surface area contributed by atoms with Gasteiger partial charge in [0.2, 0.25) is 5.91 Å². The monoisotopic (exact) mass is 496 g/mol. The van der Waals surface area contributed by atoms with E-state index in [4.69, 9.17) is 24.3 Å². The molecule has 1 fully saturated rings. The molecule has 2 aliphatic heterocycles. The zero-order chi connectivity index (χ0) is 25.7. The second-order valence-corrected chi connectivity index (χ2v) is 8.87. The molecular formula is C25H28N4O7. The third kappa shape index (κ3) is 5.62. The molecule has 190 valence electrons. The zero-order valence-electron chi connectivity index (χ0n) is 19.7. The molecule has 4 heterocycles. The Labute approximate surface area is 206 Å². The molecule has 0 atom stereocenters. The minimum atomic E-state index is -1.82. The van der Waals surface area contributed by atoms with Gasteiger partial charge >= 0.3 is 18.0 Å². The van der Waals surface area contributed by atoms with E-state index in [1.165, 1.54) is 4.90 Å². The van der Waals surface area contributed by atoms with Gasteiger partial charge in [-0.25, -0.2) is 14.4 Å². The minimum absolute atomic E-state index is 0.0909. The Morgan fingerprint density at radius 2 is 1.67 bits per heavy atom. The van der Waals surface area contributed by atoms with Gasteiger partial charge in [-0.2, -0.15) is 0 Å². The van der Waals surface area contributed by atoms with E-state index in [1.54, 1.807) is 10.8 Å². The molecule has 3 aromatic rings. The Balaban J connectivity index is 0.000000455. The van der Waals surface area contributed by atoms with Crippen molar-refractivity contribution < 1.29 is 33.9 Å². The van der Waals surface area contributed by atoms with Crippen molar-refractivity contribution in [3.63, 3.8) is 0 Å². The third-order valence-corrected chi connectivity index (χ3v) is 6.57. The molecule has 0 aliphatic carbocycles. The van der Waals surface area contributed by atoms with Crippen LogP contribution >= 0.6 is 0 Å². The molecule has 2 amide bonds. The highest BCUT2D eigenvalue weighted by Crippen LogP contribution is 2.32. The summed E-state index contributed by atoms with van der Waals surface area (Å²) in [6.07, 6.45) is 6.02. The smallest absolute Gasteiger partial charge is 0.414 e. The molecule has 11 heteroatoms. The fraction of sp³-hybridized carbons (Fsp3) is 0.400. The number of rotatable bonds is 6. The molecule has 0 unspecified atom stereocenters. The number of para-hydroxylation sites is 1. The maximum atomic E-state index is 12.5. The topological polar surface area (TPSA) is 146 Å². The molecule has 0 saturated carbocycles. The van der Waals surface area contributed by atoms with Crippen molar-refractivity contribution in [1.82, 2.24) is 19.5 Å². The lowest BCUT2D eigenvalue weighted by Crippen LogP contribution is -2.45. The van der Waals surface area contributed by atoms with E-state index in [0.717, 1.165) is 67.7 Å². The van der Waals surface area contributed by atoms with E-state index in [9.17, 15) is 9.59 Å². The summed E-state index contributed by atoms with van der Waals surface area (Å²) in [6, 6.07) is 11.5. The number of hydrogen-bond acceptors (Lipinski definition) is 7. The van der Waals surface area contributed by atoms with Gasteiger partial charge in [0.05, 0.1) is 12.1 Å². The number of unbranched alkanes of at least 4 members (excludes halogenated alkanes) is 1. The van der Waals surface area contributed by atoms with Crippen molar-refractivity contribution in [2.24, 2.45) is 0 Å². The Hall–Kier alpha value is -3.99. The van der Waals surface area contributed by atoms with Crippen molar-refractivity contribution in [3.05, 3.63) is 54.0 Å². The predicted octanol–water partition coefficient (Wildman–Crippen LogP) is 2.80. The third-order valence-electron chi connectivity index (χ3n) is 6.57. The number of imide groups is 1. The van der Waals surface area contributed by atoms with Gasteiger partial charge < -0.3 is 19.6 Å². The van der Waals surface area contributed by atoms with E-state index in [0.29, 0.717) is 18.9 Å². The Morgan fingerprint density at radius 1 is 0.972 bits per heavy atom. The molecule has 0 spiro atoms. The summed E-state index contributed by atoms with van der Waals surface area (Å²) in [5.74, 6) is -3.29. The average Bonchev–Trinajstić information content (AvgIpc) is 3.51. The Bertz CT molecular complexity index is 1240. The molecule has 2 aliphatic rings. The maximum Gasteiger partial charge on any atom is 0.414 e. The van der Waals surface area contributed by atoms with Crippen LogP contribution in [-0.2, 0) is 20.8 Å². The molecule has 1 aromatic carbocycles. The molecule has 0 radical (unpaired) electrons. The SMILES string of the molecule is O=C(O)C(=O)O.O=C1Cc2cccn2C(=O)N1CCCCN1CCC(c2noc3ccccc23)CC1. The molecule has 2 N–H and O–H groups in total. The Morgan fingerprint density at radius 3 is 2.39 bits per heavy atom. The van der Waals surface area contributed by atoms with Gasteiger partial charge in [0.15, 0.2) is 5.58 Å². The van der Waals surface area contributed by atoms with Crippen molar-refractivity contribution in [2.45, 2.75) is 38.0 Å². The highest BCUT2D eigenvalue weighted by molar-refractivity contribution is 6.27. The average molecular weight is 497 g/mol. The standard InChI is InChI=1S/C23H26N4O3.C2H2O4/c28-21-16-18-6-5-13-26(18)23(29)27(21)12-4-3-11-25-14-9-17(10-15-25)22-19-7-1-2-8-20(19)30-24-22;3-1(4)2(5)6/h1-2,5-8,13,17H,3-4,9-12,14-16H2;(H,3,4)(H,5,6). The molecule has 2 aromatic heterocycles. The summed E-state index contributed by atoms with van der Waals surface area (Å²) in [4.78, 5) is 46.8. The van der Waals surface area contributed by atoms with Crippen molar-refractivity contribution in [1.29, 1.82) is 0 Å². The number of nitrogens with zero attached hydrogens (tertiary/aromatic N) is 4. The highest BCUT2D eigenvalue weighted by Gasteiger charge is 2.30. The van der Waals surface area contributed by atoms with Crippen molar-refractivity contribution in [3.8, 4) is 0 Å². The number of fused-ring (bicyclic) bond motifs is 2. The first-order chi connectivity index (χ1) is 17.3. The lowest BCUT2D eigenvalue weighted by Gasteiger charge is -2.31. The zero-order valence-corrected chi connectivity index (χ0v) is 19.7. The van der Waals surface area contributed by atoms with E-state index < -0.39 is 11.9 Å². The number of carboxylic acids is 2. The predicted molar refractivity (Wildman–Crippen MR) is 128 cm³/mol. The largest absolute Gasteiger partial charge is 0.473 e. The van der Waals surface area contributed by atoms with Crippen molar-refractivity contribution >= 4 is 34.8 Å². The number of aromatic nitrogens is 2. The number of aliphatic carboxylic acids is 2. The summed E-state index contributed by atoms with van der Waals surface area (Å²) >= 11 is 0. The Kier molecular flexibility index (Phi) is 7.79. The summed E-state index contributed by atoms with van der Waals surface area (Å²) in [5.41, 5.74) is 2.74. The van der Waals surface area contributed by atoms with Gasteiger partial charge in [0, 0.05) is 29.7 Å². The molecular weight excluding hydrogens is 468 g/mol. The van der Waals surface area contributed by atoms with Gasteiger partial charge in [-0.15, -0.1) is 0 Å². The fourth-order valence-corrected chi connectivity index (χ4v) is 4.69. The van der Waals surface area contributed by atoms with Crippen LogP contribution in [-0.4, -0.2) is 79.8 Å². The van der Waals surface area contributed by atoms with Crippen LogP contribution in [0.15, 0.2) is 47.1 Å². The quantitative estimate of drug-likeness (QED) is 0.388. The molecule has 5 rings (SSSR count). The van der Waals surface area contributed by atoms with Crippen LogP contribution in [0, 0.1) is 0 Å². The lowest BCUT2D eigenvalue weighted by molar-refractivity contribution is -0.159. The lowest BCUT2D eigenvalue weighted by atomic mass is 9.91. The normalized spacial score (nSPS) is 16.5. The molecule has 0 bridgehead atoms. The van der Waals surface area contributed by atoms with Gasteiger partial charge in [-0.1, -0.05) is 17.3 Å². The first kappa shape index (κ1) is 25.1. The number of carbonyl (C=O) groups is 4. The maximum absolute atomic E-state index is 12.5. The van der Waals surface area contributed by atoms with Crippen LogP contribution in [0.1, 0.15) is 43.0 Å². The van der Waals surface area contributed by atoms with Gasteiger partial charge in [0.1, 0.15) is 0 Å². The minimum Gasteiger partial charge on any atom is -0.473 e. The number of amides is 2. The van der Waals surface area contributed by atoms with Gasteiger partial charge in [-0.3, -0.25) is 14.3 Å². The second kappa shape index (κ2) is 11.2. The number of carboxylic acid groups (broad SMARTS) is 2. The van der Waals surface area contributed by atoms with Crippen LogP contribution in [0.5, 0.6) is 0 Å². The summed E-state index contributed by atoms with van der Waals surface area (Å²) in [6.45, 7) is 3.58. The number of benzene rings is 1. The van der Waals surface area contributed by atoms with Gasteiger partial charge in [-0.05, 0) is 69.6 Å². The fourth-order valence-electron chi connectivity index (χ4n) is 4.69. The highest BCUT2D eigenvalue weighted by atomic mass is 16.5. The van der Waals surface area contributed by atoms with E-state index in [1.807, 2.05) is 30.3 Å². The second-order valence-electron chi connectivity index (χ2n) is 8.87. The van der Waals surface area contributed by atoms with Crippen LogP contribution in [0.3, 0.4) is 0 Å². The van der Waals surface area contributed by atoms with E-state index in [2.05, 4.69) is 16.1 Å². The molecule has 11 nitrogen and oxygen atoms in total. The molecule has 1 saturated heterocycles. The number of carbonyl (C=O) groups excluding carboxylic acids is 2. The van der Waals surface area contributed by atoms with Gasteiger partial charge in [0.25, 0.3) is 0 Å². The first-order valence-corrected chi connectivity index (χ1v) is 11.9. The van der Waals surface area contributed by atoms with Crippen LogP contribution in [0.25, 0.3) is 11.0 Å².